The molecule has 0 aromatic carbocycles. The molecule has 0 bridgehead atoms. The Balaban J connectivity index is 1.50. The number of aromatic nitrogens is 2. The van der Waals surface area contributed by atoms with Crippen molar-refractivity contribution in [3.8, 4) is 0 Å². The Morgan fingerprint density at radius 2 is 2.29 bits per heavy atom. The van der Waals surface area contributed by atoms with Gasteiger partial charge in [0.2, 0.25) is 0 Å². The minimum atomic E-state index is 0.284. The number of hydrogen-bond acceptors (Lipinski definition) is 6. The quantitative estimate of drug-likeness (QED) is 0.924. The van der Waals surface area contributed by atoms with Crippen LogP contribution in [0.2, 0.25) is 0 Å². The fourth-order valence-corrected chi connectivity index (χ4v) is 4.69. The first-order valence-electron chi connectivity index (χ1n) is 8.70. The summed E-state index contributed by atoms with van der Waals surface area (Å²) >= 11 is 1.76. The SMILES string of the molecule is Cc1ncsc1CN1C[C@@H]2CCCO[C@@H]2[C@H](Nc2ccccn2)C1. The fourth-order valence-electron chi connectivity index (χ4n) is 3.87. The van der Waals surface area contributed by atoms with Gasteiger partial charge >= 0.3 is 0 Å². The molecule has 0 unspecified atom stereocenters. The molecule has 4 rings (SSSR count). The Hall–Kier alpha value is -1.50. The highest BCUT2D eigenvalue weighted by Crippen LogP contribution is 2.31. The number of likely N-dealkylation sites (tertiary alicyclic amines) is 1. The summed E-state index contributed by atoms with van der Waals surface area (Å²) in [4.78, 5) is 12.8. The highest BCUT2D eigenvalue weighted by molar-refractivity contribution is 7.09. The average Bonchev–Trinajstić information content (AvgIpc) is 3.01. The number of pyridine rings is 1. The molecular formula is C18H24N4OS. The third-order valence-corrected chi connectivity index (χ3v) is 5.97. The molecular weight excluding hydrogens is 320 g/mol. The average molecular weight is 344 g/mol. The van der Waals surface area contributed by atoms with Crippen LogP contribution in [-0.2, 0) is 11.3 Å². The number of nitrogens with zero attached hydrogens (tertiary/aromatic N) is 3. The van der Waals surface area contributed by atoms with Crippen molar-refractivity contribution in [2.24, 2.45) is 5.92 Å². The van der Waals surface area contributed by atoms with Gasteiger partial charge in [0.25, 0.3) is 0 Å². The maximum absolute atomic E-state index is 6.15. The molecule has 5 nitrogen and oxygen atoms in total. The molecule has 2 aromatic heterocycles. The van der Waals surface area contributed by atoms with Gasteiger partial charge in [-0.05, 0) is 37.8 Å². The van der Waals surface area contributed by atoms with Crippen molar-refractivity contribution in [1.82, 2.24) is 14.9 Å². The zero-order valence-corrected chi connectivity index (χ0v) is 14.8. The molecule has 0 spiro atoms. The molecule has 2 aromatic rings. The van der Waals surface area contributed by atoms with E-state index in [9.17, 15) is 0 Å². The summed E-state index contributed by atoms with van der Waals surface area (Å²) in [6.45, 7) is 6.07. The lowest BCUT2D eigenvalue weighted by molar-refractivity contribution is -0.0746. The molecule has 2 fully saturated rings. The summed E-state index contributed by atoms with van der Waals surface area (Å²) in [5, 5.41) is 3.61. The molecule has 0 radical (unpaired) electrons. The molecule has 2 aliphatic heterocycles. The van der Waals surface area contributed by atoms with E-state index in [2.05, 4.69) is 27.1 Å². The Morgan fingerprint density at radius 3 is 3.08 bits per heavy atom. The zero-order chi connectivity index (χ0) is 16.4. The van der Waals surface area contributed by atoms with E-state index < -0.39 is 0 Å². The third-order valence-electron chi connectivity index (χ3n) is 5.05. The summed E-state index contributed by atoms with van der Waals surface area (Å²) < 4.78 is 6.15. The standard InChI is InChI=1S/C18H24N4OS/c1-13-16(24-12-20-13)11-22-9-14-5-4-8-23-18(14)15(10-22)21-17-6-2-3-7-19-17/h2-3,6-7,12,14-15,18H,4-5,8-11H2,1H3,(H,19,21)/t14-,15+,18-/m0/s1. The van der Waals surface area contributed by atoms with Gasteiger partial charge in [0.1, 0.15) is 5.82 Å². The predicted octanol–water partition coefficient (Wildman–Crippen LogP) is 2.94. The van der Waals surface area contributed by atoms with Gasteiger partial charge in [-0.15, -0.1) is 11.3 Å². The van der Waals surface area contributed by atoms with Crippen LogP contribution < -0.4 is 5.32 Å². The van der Waals surface area contributed by atoms with Crippen molar-refractivity contribution in [3.63, 3.8) is 0 Å². The van der Waals surface area contributed by atoms with Gasteiger partial charge < -0.3 is 10.1 Å². The van der Waals surface area contributed by atoms with E-state index in [0.29, 0.717) is 12.0 Å². The Labute approximate surface area is 147 Å². The van der Waals surface area contributed by atoms with Crippen LogP contribution in [0.15, 0.2) is 29.9 Å². The Bertz CT molecular complexity index is 662. The number of anilines is 1. The van der Waals surface area contributed by atoms with E-state index in [1.807, 2.05) is 29.9 Å². The lowest BCUT2D eigenvalue weighted by Crippen LogP contribution is -2.57. The van der Waals surface area contributed by atoms with Crippen molar-refractivity contribution < 1.29 is 4.74 Å². The molecule has 24 heavy (non-hydrogen) atoms. The lowest BCUT2D eigenvalue weighted by Gasteiger charge is -2.46. The van der Waals surface area contributed by atoms with E-state index >= 15 is 0 Å². The fraction of sp³-hybridized carbons (Fsp3) is 0.556. The molecule has 1 N–H and O–H groups in total. The second-order valence-corrected chi connectivity index (χ2v) is 7.70. The van der Waals surface area contributed by atoms with Gasteiger partial charge in [-0.25, -0.2) is 9.97 Å². The monoisotopic (exact) mass is 344 g/mol. The van der Waals surface area contributed by atoms with E-state index in [0.717, 1.165) is 37.8 Å². The zero-order valence-electron chi connectivity index (χ0n) is 14.0. The van der Waals surface area contributed by atoms with Crippen LogP contribution in [0.3, 0.4) is 0 Å². The number of aryl methyl sites for hydroxylation is 1. The van der Waals surface area contributed by atoms with Gasteiger partial charge in [0, 0.05) is 37.3 Å². The van der Waals surface area contributed by atoms with E-state index in [4.69, 9.17) is 4.74 Å². The van der Waals surface area contributed by atoms with Crippen LogP contribution in [0.5, 0.6) is 0 Å². The number of hydrogen-bond donors (Lipinski definition) is 1. The summed E-state index contributed by atoms with van der Waals surface area (Å²) in [5.74, 6) is 1.54. The number of fused-ring (bicyclic) bond motifs is 1. The van der Waals surface area contributed by atoms with Crippen LogP contribution in [0.25, 0.3) is 0 Å². The minimum Gasteiger partial charge on any atom is -0.376 e. The van der Waals surface area contributed by atoms with Crippen LogP contribution in [0.4, 0.5) is 5.82 Å². The first kappa shape index (κ1) is 16.0. The van der Waals surface area contributed by atoms with Crippen LogP contribution in [0.1, 0.15) is 23.4 Å². The van der Waals surface area contributed by atoms with Gasteiger partial charge in [-0.2, -0.15) is 0 Å². The number of piperidine rings is 1. The summed E-state index contributed by atoms with van der Waals surface area (Å²) in [7, 11) is 0. The first-order chi connectivity index (χ1) is 11.8. The molecule has 2 saturated heterocycles. The lowest BCUT2D eigenvalue weighted by atomic mass is 9.85. The predicted molar refractivity (Wildman–Crippen MR) is 96.2 cm³/mol. The minimum absolute atomic E-state index is 0.284. The third kappa shape index (κ3) is 3.45. The second-order valence-electron chi connectivity index (χ2n) is 6.76. The maximum Gasteiger partial charge on any atom is 0.126 e. The van der Waals surface area contributed by atoms with E-state index in [-0.39, 0.29) is 6.04 Å². The highest BCUT2D eigenvalue weighted by Gasteiger charge is 2.39. The van der Waals surface area contributed by atoms with Crippen molar-refractivity contribution in [3.05, 3.63) is 40.5 Å². The largest absolute Gasteiger partial charge is 0.376 e. The van der Waals surface area contributed by atoms with Gasteiger partial charge in [0.05, 0.1) is 23.4 Å². The van der Waals surface area contributed by atoms with Crippen LogP contribution in [-0.4, -0.2) is 46.7 Å². The van der Waals surface area contributed by atoms with Crippen molar-refractivity contribution >= 4 is 17.2 Å². The number of ether oxygens (including phenoxy) is 1. The smallest absolute Gasteiger partial charge is 0.126 e. The second kappa shape index (κ2) is 7.17. The van der Waals surface area contributed by atoms with Gasteiger partial charge in [-0.3, -0.25) is 4.90 Å². The number of nitrogens with one attached hydrogen (secondary N) is 1. The molecule has 128 valence electrons. The molecule has 3 atom stereocenters. The van der Waals surface area contributed by atoms with E-state index in [1.165, 1.54) is 17.7 Å². The van der Waals surface area contributed by atoms with Crippen LogP contribution in [0, 0.1) is 12.8 Å². The molecule has 6 heteroatoms. The topological polar surface area (TPSA) is 50.3 Å². The molecule has 0 aliphatic carbocycles. The maximum atomic E-state index is 6.15. The summed E-state index contributed by atoms with van der Waals surface area (Å²) in [6.07, 6.45) is 4.55. The Kier molecular flexibility index (Phi) is 4.78. The van der Waals surface area contributed by atoms with Crippen molar-refractivity contribution in [1.29, 1.82) is 0 Å². The Morgan fingerprint density at radius 1 is 1.33 bits per heavy atom. The van der Waals surface area contributed by atoms with Crippen molar-refractivity contribution in [2.45, 2.75) is 38.5 Å². The molecule has 4 heterocycles. The van der Waals surface area contributed by atoms with Crippen molar-refractivity contribution in [2.75, 3.05) is 25.0 Å². The molecule has 0 saturated carbocycles. The first-order valence-corrected chi connectivity index (χ1v) is 9.58. The summed E-state index contributed by atoms with van der Waals surface area (Å²) in [6, 6.07) is 6.29. The van der Waals surface area contributed by atoms with Crippen LogP contribution >= 0.6 is 11.3 Å². The van der Waals surface area contributed by atoms with Gasteiger partial charge in [-0.1, -0.05) is 6.07 Å². The highest BCUT2D eigenvalue weighted by atomic mass is 32.1. The number of thiazole rings is 1. The normalized spacial score (nSPS) is 27.6. The molecule has 0 amide bonds. The molecule has 2 aliphatic rings. The van der Waals surface area contributed by atoms with Gasteiger partial charge in [0.15, 0.2) is 0 Å². The summed E-state index contributed by atoms with van der Waals surface area (Å²) in [5.41, 5.74) is 3.11. The van der Waals surface area contributed by atoms with E-state index in [1.54, 1.807) is 11.3 Å². The number of rotatable bonds is 4.